The van der Waals surface area contributed by atoms with Gasteiger partial charge in [-0.3, -0.25) is 0 Å². The van der Waals surface area contributed by atoms with Crippen LogP contribution in [-0.2, 0) is 16.4 Å². The highest BCUT2D eigenvalue weighted by Gasteiger charge is 2.35. The molecule has 1 fully saturated rings. The van der Waals surface area contributed by atoms with Crippen molar-refractivity contribution < 1.29 is 12.9 Å². The van der Waals surface area contributed by atoms with Crippen molar-refractivity contribution in [1.29, 1.82) is 0 Å². The van der Waals surface area contributed by atoms with Gasteiger partial charge in [-0.25, -0.2) is 13.4 Å². The summed E-state index contributed by atoms with van der Waals surface area (Å²) in [6, 6.07) is 5.74. The van der Waals surface area contributed by atoms with Gasteiger partial charge in [-0.2, -0.15) is 4.31 Å². The summed E-state index contributed by atoms with van der Waals surface area (Å²) in [5.41, 5.74) is 1.25. The summed E-state index contributed by atoms with van der Waals surface area (Å²) in [4.78, 5) is 4.89. The molecule has 0 aromatic carbocycles. The second-order valence-electron chi connectivity index (χ2n) is 7.28. The summed E-state index contributed by atoms with van der Waals surface area (Å²) in [6.45, 7) is 6.17. The second-order valence-corrected chi connectivity index (χ2v) is 10.2. The molecule has 4 rings (SSSR count). The van der Waals surface area contributed by atoms with Crippen molar-refractivity contribution in [3.05, 3.63) is 40.4 Å². The Kier molecular flexibility index (Phi) is 5.85. The van der Waals surface area contributed by atoms with Crippen molar-refractivity contribution in [2.75, 3.05) is 18.4 Å². The van der Waals surface area contributed by atoms with Gasteiger partial charge in [0.1, 0.15) is 21.4 Å². The molecule has 1 aliphatic heterocycles. The van der Waals surface area contributed by atoms with E-state index in [9.17, 15) is 8.42 Å². The van der Waals surface area contributed by atoms with Gasteiger partial charge in [-0.1, -0.05) is 29.5 Å². The Morgan fingerprint density at radius 3 is 2.83 bits per heavy atom. The highest BCUT2D eigenvalue weighted by molar-refractivity contribution is 7.89. The molecule has 1 aliphatic rings. The van der Waals surface area contributed by atoms with Gasteiger partial charge < -0.3 is 9.84 Å². The molecular formula is C19H24N6O3S2. The summed E-state index contributed by atoms with van der Waals surface area (Å²) in [6.07, 6.45) is 2.48. The van der Waals surface area contributed by atoms with Crippen LogP contribution >= 0.6 is 11.3 Å². The van der Waals surface area contributed by atoms with E-state index >= 15 is 0 Å². The van der Waals surface area contributed by atoms with E-state index in [1.165, 1.54) is 15.6 Å². The van der Waals surface area contributed by atoms with Crippen LogP contribution in [-0.4, -0.2) is 46.2 Å². The zero-order valence-corrected chi connectivity index (χ0v) is 18.8. The number of nitrogens with zero attached hydrogens (tertiary/aromatic N) is 5. The van der Waals surface area contributed by atoms with Crippen LogP contribution in [0.3, 0.4) is 0 Å². The molecule has 1 atom stereocenters. The van der Waals surface area contributed by atoms with Crippen molar-refractivity contribution in [3.8, 4) is 0 Å². The number of aromatic nitrogens is 4. The Labute approximate surface area is 179 Å². The fraction of sp³-hybridized carbons (Fsp3) is 0.474. The number of nitrogens with one attached hydrogen (secondary N) is 1. The van der Waals surface area contributed by atoms with Gasteiger partial charge in [0.15, 0.2) is 5.76 Å². The molecule has 0 bridgehead atoms. The van der Waals surface area contributed by atoms with Crippen LogP contribution < -0.4 is 5.32 Å². The summed E-state index contributed by atoms with van der Waals surface area (Å²) in [5.74, 6) is 1.01. The molecule has 0 aliphatic carbocycles. The molecule has 4 heterocycles. The Hall–Kier alpha value is -2.37. The molecule has 1 unspecified atom stereocenters. The molecule has 0 amide bonds. The molecule has 160 valence electrons. The number of anilines is 2. The quantitative estimate of drug-likeness (QED) is 0.610. The molecule has 3 aromatic rings. The van der Waals surface area contributed by atoms with E-state index in [1.54, 1.807) is 13.8 Å². The lowest BCUT2D eigenvalue weighted by atomic mass is 9.96. The first-order chi connectivity index (χ1) is 14.4. The van der Waals surface area contributed by atoms with Crippen molar-refractivity contribution >= 4 is 32.3 Å². The molecular weight excluding hydrogens is 424 g/mol. The number of sulfonamides is 1. The average Bonchev–Trinajstić information content (AvgIpc) is 3.34. The Morgan fingerprint density at radius 2 is 2.13 bits per heavy atom. The minimum absolute atomic E-state index is 0.0105. The summed E-state index contributed by atoms with van der Waals surface area (Å²) in [5, 5.41) is 16.9. The molecule has 1 saturated heterocycles. The number of aryl methyl sites for hydroxylation is 3. The van der Waals surface area contributed by atoms with Crippen LogP contribution in [0.25, 0.3) is 0 Å². The van der Waals surface area contributed by atoms with Crippen LogP contribution in [0, 0.1) is 13.8 Å². The van der Waals surface area contributed by atoms with Crippen LogP contribution in [0.15, 0.2) is 27.6 Å². The maximum Gasteiger partial charge on any atom is 0.248 e. The minimum atomic E-state index is -3.66. The van der Waals surface area contributed by atoms with E-state index in [0.717, 1.165) is 30.0 Å². The number of piperidine rings is 1. The fourth-order valence-electron chi connectivity index (χ4n) is 3.68. The monoisotopic (exact) mass is 448 g/mol. The lowest BCUT2D eigenvalue weighted by molar-refractivity contribution is 0.312. The average molecular weight is 449 g/mol. The number of hydrogen-bond donors (Lipinski definition) is 1. The lowest BCUT2D eigenvalue weighted by Gasteiger charge is -2.31. The lowest BCUT2D eigenvalue weighted by Crippen LogP contribution is -2.39. The standard InChI is InChI=1S/C19H24N6O3S2/c1-4-17-22-23-19(29-17)21-16-9-5-8-15(20-16)14-7-6-10-25(11-14)30(26,27)18-12(2)24-28-13(18)3/h5,8-9,14H,4,6-7,10-11H2,1-3H3,(H,20,21,23). The molecule has 0 saturated carbocycles. The van der Waals surface area contributed by atoms with E-state index in [2.05, 4.69) is 20.7 Å². The van der Waals surface area contributed by atoms with Gasteiger partial charge in [-0.05, 0) is 45.2 Å². The third kappa shape index (κ3) is 4.09. The van der Waals surface area contributed by atoms with Gasteiger partial charge in [0, 0.05) is 24.7 Å². The fourth-order valence-corrected chi connectivity index (χ4v) is 6.18. The minimum Gasteiger partial charge on any atom is -0.360 e. The molecule has 0 radical (unpaired) electrons. The molecule has 9 nitrogen and oxygen atoms in total. The predicted molar refractivity (Wildman–Crippen MR) is 114 cm³/mol. The second kappa shape index (κ2) is 8.40. The maximum atomic E-state index is 13.2. The third-order valence-electron chi connectivity index (χ3n) is 5.14. The van der Waals surface area contributed by atoms with Crippen molar-refractivity contribution in [1.82, 2.24) is 24.6 Å². The van der Waals surface area contributed by atoms with Gasteiger partial charge in [0.05, 0.1) is 0 Å². The number of hydrogen-bond acceptors (Lipinski definition) is 9. The van der Waals surface area contributed by atoms with Crippen molar-refractivity contribution in [2.24, 2.45) is 0 Å². The molecule has 3 aromatic heterocycles. The largest absolute Gasteiger partial charge is 0.360 e. The van der Waals surface area contributed by atoms with E-state index in [4.69, 9.17) is 9.51 Å². The van der Waals surface area contributed by atoms with Crippen LogP contribution in [0.1, 0.15) is 47.8 Å². The smallest absolute Gasteiger partial charge is 0.248 e. The zero-order valence-electron chi connectivity index (χ0n) is 17.1. The Bertz CT molecular complexity index is 1120. The zero-order chi connectivity index (χ0) is 21.3. The van der Waals surface area contributed by atoms with Gasteiger partial charge >= 0.3 is 0 Å². The third-order valence-corrected chi connectivity index (χ3v) is 8.24. The number of pyridine rings is 1. The first kappa shape index (κ1) is 20.9. The van der Waals surface area contributed by atoms with E-state index in [0.29, 0.717) is 35.5 Å². The van der Waals surface area contributed by atoms with Crippen molar-refractivity contribution in [3.63, 3.8) is 0 Å². The molecule has 1 N–H and O–H groups in total. The highest BCUT2D eigenvalue weighted by atomic mass is 32.2. The van der Waals surface area contributed by atoms with E-state index in [1.807, 2.05) is 25.1 Å². The highest BCUT2D eigenvalue weighted by Crippen LogP contribution is 2.32. The first-order valence-corrected chi connectivity index (χ1v) is 12.1. The maximum absolute atomic E-state index is 13.2. The first-order valence-electron chi connectivity index (χ1n) is 9.88. The molecule has 30 heavy (non-hydrogen) atoms. The summed E-state index contributed by atoms with van der Waals surface area (Å²) in [7, 11) is -3.66. The van der Waals surface area contributed by atoms with Crippen LogP contribution in [0.2, 0.25) is 0 Å². The SMILES string of the molecule is CCc1nnc(Nc2cccc(C3CCCN(S(=O)(=O)c4c(C)noc4C)C3)n2)s1. The molecule has 0 spiro atoms. The Balaban J connectivity index is 1.53. The summed E-state index contributed by atoms with van der Waals surface area (Å²) >= 11 is 1.50. The van der Waals surface area contributed by atoms with Crippen LogP contribution in [0.5, 0.6) is 0 Å². The number of rotatable bonds is 6. The van der Waals surface area contributed by atoms with Gasteiger partial charge in [-0.15, -0.1) is 10.2 Å². The summed E-state index contributed by atoms with van der Waals surface area (Å²) < 4.78 is 33.0. The topological polar surface area (TPSA) is 114 Å². The van der Waals surface area contributed by atoms with Crippen molar-refractivity contribution in [2.45, 2.75) is 50.8 Å². The van der Waals surface area contributed by atoms with Gasteiger partial charge in [0.2, 0.25) is 15.2 Å². The van der Waals surface area contributed by atoms with Gasteiger partial charge in [0.25, 0.3) is 0 Å². The predicted octanol–water partition coefficient (Wildman–Crippen LogP) is 3.41. The van der Waals surface area contributed by atoms with E-state index in [-0.39, 0.29) is 10.8 Å². The van der Waals surface area contributed by atoms with E-state index < -0.39 is 10.0 Å². The normalized spacial score (nSPS) is 17.9. The Morgan fingerprint density at radius 1 is 1.30 bits per heavy atom. The van der Waals surface area contributed by atoms with Crippen LogP contribution in [0.4, 0.5) is 10.9 Å². The molecule has 11 heteroatoms.